The molecule has 0 N–H and O–H groups in total. The summed E-state index contributed by atoms with van der Waals surface area (Å²) in [5.74, 6) is 1.87. The number of carbonyl (C=O) groups excluding carboxylic acids is 1. The monoisotopic (exact) mass is 241 g/mol. The van der Waals surface area contributed by atoms with Crippen molar-refractivity contribution < 1.29 is 9.18 Å². The van der Waals surface area contributed by atoms with Crippen LogP contribution in [0.1, 0.15) is 10.4 Å². The Balaban J connectivity index is 2.56. The summed E-state index contributed by atoms with van der Waals surface area (Å²) in [6.45, 7) is 0.227. The fourth-order valence-electron chi connectivity index (χ4n) is 1.86. The molecule has 18 heavy (non-hydrogen) atoms. The van der Waals surface area contributed by atoms with Gasteiger partial charge in [0.15, 0.2) is 0 Å². The molecule has 0 aliphatic heterocycles. The third-order valence-corrected chi connectivity index (χ3v) is 2.78. The Hall–Kier alpha value is -2.34. The maximum atomic E-state index is 13.6. The molecule has 0 heterocycles. The summed E-state index contributed by atoms with van der Waals surface area (Å²) in [4.78, 5) is 13.6. The highest BCUT2D eigenvalue weighted by Crippen LogP contribution is 2.22. The fourth-order valence-corrected chi connectivity index (χ4v) is 1.86. The largest absolute Gasteiger partial charge is 0.331 e. The van der Waals surface area contributed by atoms with Gasteiger partial charge in [-0.05, 0) is 17.5 Å². The van der Waals surface area contributed by atoms with Gasteiger partial charge in [0.05, 0.1) is 6.54 Å². The zero-order chi connectivity index (χ0) is 13.1. The molecule has 0 spiro atoms. The van der Waals surface area contributed by atoms with E-state index in [2.05, 4.69) is 5.92 Å². The van der Waals surface area contributed by atoms with E-state index in [1.54, 1.807) is 31.3 Å². The first-order valence-corrected chi connectivity index (χ1v) is 5.51. The minimum atomic E-state index is -0.332. The van der Waals surface area contributed by atoms with Crippen molar-refractivity contribution in [3.8, 4) is 12.3 Å². The molecule has 1 amide bonds. The smallest absolute Gasteiger partial charge is 0.255 e. The minimum absolute atomic E-state index is 0.204. The van der Waals surface area contributed by atoms with Crippen LogP contribution in [0.4, 0.5) is 4.39 Å². The van der Waals surface area contributed by atoms with Gasteiger partial charge in [-0.15, -0.1) is 6.42 Å². The summed E-state index contributed by atoms with van der Waals surface area (Å²) in [5, 5.41) is 1.05. The summed E-state index contributed by atoms with van der Waals surface area (Å²) in [5.41, 5.74) is 0.463. The van der Waals surface area contributed by atoms with E-state index in [9.17, 15) is 9.18 Å². The number of hydrogen-bond acceptors (Lipinski definition) is 1. The molecule has 0 aromatic heterocycles. The number of amides is 1. The zero-order valence-electron chi connectivity index (χ0n) is 9.98. The van der Waals surface area contributed by atoms with Gasteiger partial charge in [-0.1, -0.05) is 30.2 Å². The molecule has 0 saturated carbocycles. The molecule has 2 aromatic carbocycles. The van der Waals surface area contributed by atoms with E-state index in [-0.39, 0.29) is 18.3 Å². The highest BCUT2D eigenvalue weighted by atomic mass is 19.1. The van der Waals surface area contributed by atoms with Gasteiger partial charge in [0.25, 0.3) is 5.91 Å². The molecule has 0 radical (unpaired) electrons. The molecule has 2 aromatic rings. The summed E-state index contributed by atoms with van der Waals surface area (Å²) in [6, 6.07) is 9.70. The molecule has 90 valence electrons. The van der Waals surface area contributed by atoms with Crippen molar-refractivity contribution in [3.63, 3.8) is 0 Å². The van der Waals surface area contributed by atoms with Gasteiger partial charge in [0, 0.05) is 18.0 Å². The second-order valence-corrected chi connectivity index (χ2v) is 4.01. The highest BCUT2D eigenvalue weighted by molar-refractivity contribution is 6.07. The van der Waals surface area contributed by atoms with E-state index in [0.29, 0.717) is 16.3 Å². The van der Waals surface area contributed by atoms with Crippen LogP contribution in [0.3, 0.4) is 0 Å². The molecule has 3 heteroatoms. The molecular weight excluding hydrogens is 229 g/mol. The van der Waals surface area contributed by atoms with E-state index in [1.165, 1.54) is 17.0 Å². The van der Waals surface area contributed by atoms with Crippen molar-refractivity contribution in [1.82, 2.24) is 4.90 Å². The predicted octanol–water partition coefficient (Wildman–Crippen LogP) is 2.68. The summed E-state index contributed by atoms with van der Waals surface area (Å²) in [6.07, 6.45) is 5.18. The lowest BCUT2D eigenvalue weighted by Gasteiger charge is -2.15. The first kappa shape index (κ1) is 12.1. The lowest BCUT2D eigenvalue weighted by molar-refractivity contribution is 0.0814. The number of nitrogens with zero attached hydrogens (tertiary/aromatic N) is 1. The van der Waals surface area contributed by atoms with Crippen molar-refractivity contribution in [2.75, 3.05) is 13.6 Å². The topological polar surface area (TPSA) is 20.3 Å². The second-order valence-electron chi connectivity index (χ2n) is 4.01. The highest BCUT2D eigenvalue weighted by Gasteiger charge is 2.15. The van der Waals surface area contributed by atoms with Gasteiger partial charge in [-0.3, -0.25) is 4.79 Å². The third-order valence-electron chi connectivity index (χ3n) is 2.78. The van der Waals surface area contributed by atoms with Crippen LogP contribution in [0, 0.1) is 18.2 Å². The Morgan fingerprint density at radius 1 is 1.28 bits per heavy atom. The van der Waals surface area contributed by atoms with Crippen LogP contribution in [-0.4, -0.2) is 24.4 Å². The average molecular weight is 241 g/mol. The van der Waals surface area contributed by atoms with Crippen molar-refractivity contribution in [1.29, 1.82) is 0 Å². The standard InChI is InChI=1S/C15H12FNO/c1-3-10-17(2)15(18)13-8-9-14(16)12-7-5-4-6-11(12)13/h1,4-9H,10H2,2H3. The molecule has 0 saturated heterocycles. The summed E-state index contributed by atoms with van der Waals surface area (Å²) in [7, 11) is 1.63. The Labute approximate surface area is 105 Å². The number of carbonyl (C=O) groups is 1. The number of terminal acetylenes is 1. The fraction of sp³-hybridized carbons (Fsp3) is 0.133. The first-order valence-electron chi connectivity index (χ1n) is 5.51. The van der Waals surface area contributed by atoms with Gasteiger partial charge in [0.1, 0.15) is 5.82 Å². The van der Waals surface area contributed by atoms with E-state index < -0.39 is 0 Å². The van der Waals surface area contributed by atoms with Gasteiger partial charge in [-0.25, -0.2) is 4.39 Å². The van der Waals surface area contributed by atoms with Crippen LogP contribution in [-0.2, 0) is 0 Å². The maximum absolute atomic E-state index is 13.6. The quantitative estimate of drug-likeness (QED) is 0.740. The Kier molecular flexibility index (Phi) is 3.29. The van der Waals surface area contributed by atoms with Gasteiger partial charge >= 0.3 is 0 Å². The lowest BCUT2D eigenvalue weighted by Crippen LogP contribution is -2.27. The Morgan fingerprint density at radius 2 is 1.94 bits per heavy atom. The molecule has 0 aliphatic rings. The van der Waals surface area contributed by atoms with Crippen LogP contribution in [0.25, 0.3) is 10.8 Å². The van der Waals surface area contributed by atoms with Crippen molar-refractivity contribution in [2.24, 2.45) is 0 Å². The lowest BCUT2D eigenvalue weighted by atomic mass is 10.0. The SMILES string of the molecule is C#CCN(C)C(=O)c1ccc(F)c2ccccc12. The molecule has 2 nitrogen and oxygen atoms in total. The number of benzene rings is 2. The first-order chi connectivity index (χ1) is 8.65. The minimum Gasteiger partial charge on any atom is -0.331 e. The normalized spacial score (nSPS) is 10.1. The average Bonchev–Trinajstić information content (AvgIpc) is 2.39. The number of hydrogen-bond donors (Lipinski definition) is 0. The van der Waals surface area contributed by atoms with E-state index in [0.717, 1.165) is 0 Å². The van der Waals surface area contributed by atoms with E-state index in [1.807, 2.05) is 0 Å². The van der Waals surface area contributed by atoms with E-state index in [4.69, 9.17) is 6.42 Å². The number of fused-ring (bicyclic) bond motifs is 1. The molecule has 2 rings (SSSR count). The van der Waals surface area contributed by atoms with Crippen LogP contribution in [0.15, 0.2) is 36.4 Å². The van der Waals surface area contributed by atoms with Crippen molar-refractivity contribution >= 4 is 16.7 Å². The van der Waals surface area contributed by atoms with E-state index >= 15 is 0 Å². The van der Waals surface area contributed by atoms with Crippen LogP contribution in [0.5, 0.6) is 0 Å². The maximum Gasteiger partial charge on any atom is 0.255 e. The Bertz CT molecular complexity index is 642. The third kappa shape index (κ3) is 2.05. The summed E-state index contributed by atoms with van der Waals surface area (Å²) >= 11 is 0. The van der Waals surface area contributed by atoms with Crippen LogP contribution in [0.2, 0.25) is 0 Å². The van der Waals surface area contributed by atoms with Crippen LogP contribution < -0.4 is 0 Å². The molecule has 0 fully saturated rings. The predicted molar refractivity (Wildman–Crippen MR) is 69.7 cm³/mol. The molecular formula is C15H12FNO. The zero-order valence-corrected chi connectivity index (χ0v) is 9.98. The van der Waals surface area contributed by atoms with Gasteiger partial charge in [0.2, 0.25) is 0 Å². The number of rotatable bonds is 2. The van der Waals surface area contributed by atoms with Gasteiger partial charge < -0.3 is 4.90 Å². The second kappa shape index (κ2) is 4.89. The van der Waals surface area contributed by atoms with Gasteiger partial charge in [-0.2, -0.15) is 0 Å². The molecule has 0 aliphatic carbocycles. The Morgan fingerprint density at radius 3 is 2.61 bits per heavy atom. The molecule has 0 bridgehead atoms. The summed E-state index contributed by atoms with van der Waals surface area (Å²) < 4.78 is 13.6. The van der Waals surface area contributed by atoms with Crippen molar-refractivity contribution in [2.45, 2.75) is 0 Å². The van der Waals surface area contributed by atoms with Crippen LogP contribution >= 0.6 is 0 Å². The molecule has 0 unspecified atom stereocenters. The number of halogens is 1. The van der Waals surface area contributed by atoms with Crippen molar-refractivity contribution in [3.05, 3.63) is 47.8 Å². The molecule has 0 atom stereocenters.